The average molecular weight is 345 g/mol. The second kappa shape index (κ2) is 84.5. The van der Waals surface area contributed by atoms with E-state index in [9.17, 15) is 0 Å². The van der Waals surface area contributed by atoms with Crippen molar-refractivity contribution in [1.82, 2.24) is 0 Å². The Morgan fingerprint density at radius 2 is 0.727 bits per heavy atom. The summed E-state index contributed by atoms with van der Waals surface area (Å²) in [6.45, 7) is 0. The van der Waals surface area contributed by atoms with Crippen LogP contribution in [0.5, 0.6) is 0 Å². The number of hydrogen-bond donors (Lipinski definition) is 0. The van der Waals surface area contributed by atoms with Crippen LogP contribution in [0, 0.1) is 52.2 Å². The van der Waals surface area contributed by atoms with Crippen LogP contribution in [0.2, 0.25) is 0 Å². The van der Waals surface area contributed by atoms with Crippen molar-refractivity contribution in [2.24, 2.45) is 0 Å². The quantitative estimate of drug-likeness (QED) is 0.308. The Kier molecular flexibility index (Phi) is 876. The van der Waals surface area contributed by atoms with Crippen molar-refractivity contribution in [2.75, 3.05) is 0 Å². The standard InChI is InChI=1S/Lu.NO3.6H2O/c;2-1(3)4;;;;;;/h;;6*1H2/q+3;-1;;;;;;. The molecule has 0 fully saturated rings. The predicted molar refractivity (Wildman–Crippen MR) is 32.0 cm³/mol. The first kappa shape index (κ1) is 114. The van der Waals surface area contributed by atoms with Crippen LogP contribution in [0.25, 0.3) is 0 Å². The van der Waals surface area contributed by atoms with Crippen molar-refractivity contribution in [3.63, 3.8) is 0 Å². The van der Waals surface area contributed by atoms with Gasteiger partial charge >= 0.3 is 36.9 Å². The maximum atomic E-state index is 8.25. The second-order valence-electron chi connectivity index (χ2n) is 0.224. The number of hydrogen-bond acceptors (Lipinski definition) is 3. The summed E-state index contributed by atoms with van der Waals surface area (Å²) in [5.74, 6) is 0. The van der Waals surface area contributed by atoms with E-state index in [-0.39, 0.29) is 69.7 Å². The van der Waals surface area contributed by atoms with E-state index in [4.69, 9.17) is 15.3 Å². The Hall–Kier alpha value is 0.194. The molecular formula is H12LuNO9+2. The summed E-state index contributed by atoms with van der Waals surface area (Å²) in [6, 6.07) is 0. The third-order valence-corrected chi connectivity index (χ3v) is 0. The molecule has 0 heterocycles. The van der Waals surface area contributed by atoms with E-state index in [2.05, 4.69) is 0 Å². The van der Waals surface area contributed by atoms with E-state index in [1.807, 2.05) is 0 Å². The van der Waals surface area contributed by atoms with Gasteiger partial charge in [0.25, 0.3) is 0 Å². The van der Waals surface area contributed by atoms with E-state index in [0.717, 1.165) is 0 Å². The Labute approximate surface area is 90.0 Å². The van der Waals surface area contributed by atoms with E-state index in [0.29, 0.717) is 0 Å². The molecule has 0 saturated carbocycles. The minimum atomic E-state index is -1.75. The molecule has 0 radical (unpaired) electrons. The molecule has 12 N–H and O–H groups in total. The Balaban J connectivity index is -0.00000000214. The summed E-state index contributed by atoms with van der Waals surface area (Å²) in [7, 11) is 0. The second-order valence-corrected chi connectivity index (χ2v) is 0.224. The van der Waals surface area contributed by atoms with Gasteiger partial charge in [-0.2, -0.15) is 0 Å². The van der Waals surface area contributed by atoms with Gasteiger partial charge in [-0.3, -0.25) is 0 Å². The smallest absolute Gasteiger partial charge is 0.412 e. The molecule has 0 unspecified atom stereocenters. The van der Waals surface area contributed by atoms with E-state index < -0.39 is 5.09 Å². The van der Waals surface area contributed by atoms with Gasteiger partial charge in [0.1, 0.15) is 0 Å². The molecule has 0 bridgehead atoms. The Morgan fingerprint density at radius 1 is 0.727 bits per heavy atom. The molecule has 0 rings (SSSR count). The first-order chi connectivity index (χ1) is 1.73. The van der Waals surface area contributed by atoms with Crippen LogP contribution in [0.3, 0.4) is 0 Å². The van der Waals surface area contributed by atoms with Crippen LogP contribution in [-0.4, -0.2) is 37.9 Å². The summed E-state index contributed by atoms with van der Waals surface area (Å²) in [4.78, 5) is 8.25. The third kappa shape index (κ3) is 18200. The first-order valence-corrected chi connectivity index (χ1v) is 0.548. The SMILES string of the molecule is O.O.O.O.O.O.O=[N+]([O-])[O-].[Lu+3]. The van der Waals surface area contributed by atoms with Crippen molar-refractivity contribution in [1.29, 1.82) is 0 Å². The molecule has 0 aliphatic carbocycles. The van der Waals surface area contributed by atoms with Crippen LogP contribution < -0.4 is 0 Å². The summed E-state index contributed by atoms with van der Waals surface area (Å²) in [5.41, 5.74) is 0. The Morgan fingerprint density at radius 3 is 0.727 bits per heavy atom. The Bertz CT molecular complexity index is 32.5. The minimum absolute atomic E-state index is 0. The fourth-order valence-electron chi connectivity index (χ4n) is 0. The van der Waals surface area contributed by atoms with Crippen molar-refractivity contribution < 1.29 is 74.8 Å². The molecule has 0 aromatic rings. The van der Waals surface area contributed by atoms with E-state index >= 15 is 0 Å². The zero-order valence-electron chi connectivity index (χ0n) is 4.93. The molecular weight excluding hydrogens is 333 g/mol. The van der Waals surface area contributed by atoms with Crippen LogP contribution in [-0.2, 0) is 0 Å². The van der Waals surface area contributed by atoms with Crippen molar-refractivity contribution >= 4 is 0 Å². The van der Waals surface area contributed by atoms with Crippen molar-refractivity contribution in [2.45, 2.75) is 0 Å². The molecule has 0 spiro atoms. The molecule has 11 heteroatoms. The van der Waals surface area contributed by atoms with E-state index in [1.165, 1.54) is 0 Å². The predicted octanol–water partition coefficient (Wildman–Crippen LogP) is -5.19. The van der Waals surface area contributed by atoms with Crippen LogP contribution in [0.1, 0.15) is 0 Å². The summed E-state index contributed by atoms with van der Waals surface area (Å²) < 4.78 is 0. The molecule has 0 aromatic carbocycles. The molecule has 84 valence electrons. The van der Waals surface area contributed by atoms with Crippen LogP contribution in [0.15, 0.2) is 0 Å². The van der Waals surface area contributed by atoms with Gasteiger partial charge in [0.2, 0.25) is 0 Å². The van der Waals surface area contributed by atoms with Crippen LogP contribution >= 0.6 is 0 Å². The van der Waals surface area contributed by atoms with Gasteiger partial charge in [0, 0.05) is 0 Å². The van der Waals surface area contributed by atoms with Gasteiger partial charge in [-0.1, -0.05) is 0 Å². The molecule has 10 nitrogen and oxygen atoms in total. The number of rotatable bonds is 0. The minimum Gasteiger partial charge on any atom is -0.412 e. The maximum Gasteiger partial charge on any atom is 3.00 e. The normalized spacial score (nSPS) is 2.18. The molecule has 0 aliphatic heterocycles. The number of nitrogens with zero attached hydrogens (tertiary/aromatic N) is 1. The third-order valence-electron chi connectivity index (χ3n) is 0. The van der Waals surface area contributed by atoms with Gasteiger partial charge in [0.05, 0.1) is 5.09 Å². The van der Waals surface area contributed by atoms with Gasteiger partial charge in [-0.15, -0.1) is 0 Å². The van der Waals surface area contributed by atoms with Gasteiger partial charge in [-0.05, 0) is 0 Å². The zero-order chi connectivity index (χ0) is 3.58. The zero-order valence-corrected chi connectivity index (χ0v) is 6.59. The fourth-order valence-corrected chi connectivity index (χ4v) is 0. The van der Waals surface area contributed by atoms with Gasteiger partial charge in [0.15, 0.2) is 0 Å². The summed E-state index contributed by atoms with van der Waals surface area (Å²) >= 11 is 0. The molecule has 0 atom stereocenters. The molecule has 0 aromatic heterocycles. The maximum absolute atomic E-state index is 8.25. The molecule has 0 saturated heterocycles. The van der Waals surface area contributed by atoms with Gasteiger partial charge < -0.3 is 48.2 Å². The van der Waals surface area contributed by atoms with Gasteiger partial charge in [-0.25, -0.2) is 0 Å². The average Bonchev–Trinajstić information content (AvgIpc) is 0.811. The first-order valence-electron chi connectivity index (χ1n) is 0.548. The molecule has 11 heavy (non-hydrogen) atoms. The van der Waals surface area contributed by atoms with Crippen molar-refractivity contribution in [3.8, 4) is 0 Å². The monoisotopic (exact) mass is 345 g/mol. The van der Waals surface area contributed by atoms with E-state index in [1.54, 1.807) is 0 Å². The topological polar surface area (TPSA) is 255 Å². The molecule has 0 amide bonds. The summed E-state index contributed by atoms with van der Waals surface area (Å²) in [5, 5.41) is 14.8. The fraction of sp³-hybridized carbons (Fsp3) is 0. The largest absolute Gasteiger partial charge is 3.00 e. The van der Waals surface area contributed by atoms with Crippen LogP contribution in [0.4, 0.5) is 0 Å². The summed E-state index contributed by atoms with van der Waals surface area (Å²) in [6.07, 6.45) is 0. The molecule has 0 aliphatic rings. The van der Waals surface area contributed by atoms with Crippen molar-refractivity contribution in [3.05, 3.63) is 15.3 Å².